The molecule has 20 rings (SSSR count). The third-order valence-electron chi connectivity index (χ3n) is 20.4. The summed E-state index contributed by atoms with van der Waals surface area (Å²) < 4.78 is 6.98. The van der Waals surface area contributed by atoms with Gasteiger partial charge in [-0.3, -0.25) is 4.98 Å². The molecule has 12 aromatic carbocycles. The summed E-state index contributed by atoms with van der Waals surface area (Å²) in [5.74, 6) is 2.73. The highest BCUT2D eigenvalue weighted by Gasteiger charge is 2.52. The van der Waals surface area contributed by atoms with Crippen molar-refractivity contribution in [1.82, 2.24) is 24.9 Å². The van der Waals surface area contributed by atoms with Crippen LogP contribution in [0.15, 0.2) is 358 Å². The lowest BCUT2D eigenvalue weighted by Crippen LogP contribution is -2.32. The summed E-state index contributed by atoms with van der Waals surface area (Å²) in [5, 5.41) is 0. The van der Waals surface area contributed by atoms with Gasteiger partial charge in [-0.1, -0.05) is 278 Å². The van der Waals surface area contributed by atoms with Crippen molar-refractivity contribution in [3.05, 3.63) is 378 Å². The number of benzene rings is 12. The Morgan fingerprint density at radius 2 is 0.636 bits per heavy atom. The molecule has 0 unspecified atom stereocenters. The first-order chi connectivity index (χ1) is 49.0. The lowest BCUT2D eigenvalue weighted by molar-refractivity contribution is 0.594. The van der Waals surface area contributed by atoms with Gasteiger partial charge in [0, 0.05) is 64.7 Å². The Morgan fingerprint density at radius 3 is 1.23 bits per heavy atom. The van der Waals surface area contributed by atoms with Gasteiger partial charge in [-0.05, 0) is 151 Å². The third-order valence-corrected chi connectivity index (χ3v) is 22.7. The van der Waals surface area contributed by atoms with E-state index in [0.717, 1.165) is 78.6 Å². The minimum atomic E-state index is -0.632. The second kappa shape index (κ2) is 22.8. The third kappa shape index (κ3) is 8.96. The minimum absolute atomic E-state index is 0.496. The maximum absolute atomic E-state index is 6.98. The van der Waals surface area contributed by atoms with Crippen LogP contribution in [0.5, 0.6) is 0 Å². The zero-order valence-corrected chi connectivity index (χ0v) is 54.8. The van der Waals surface area contributed by atoms with Gasteiger partial charge in [0.25, 0.3) is 0 Å². The second-order valence-electron chi connectivity index (χ2n) is 25.7. The van der Waals surface area contributed by atoms with E-state index < -0.39 is 10.8 Å². The number of furan rings is 1. The van der Waals surface area contributed by atoms with E-state index in [0.29, 0.717) is 23.1 Å². The first-order valence-electron chi connectivity index (χ1n) is 33.4. The van der Waals surface area contributed by atoms with Gasteiger partial charge in [-0.2, -0.15) is 0 Å². The quantitative estimate of drug-likeness (QED) is 0.141. The largest absolute Gasteiger partial charge is 0.454 e. The van der Waals surface area contributed by atoms with Crippen LogP contribution >= 0.6 is 23.5 Å². The van der Waals surface area contributed by atoms with Crippen molar-refractivity contribution in [3.63, 3.8) is 0 Å². The SMILES string of the molecule is c1ccc(-c2cc(-c3cccnc3-c3ccc4c(c3)C3(c5ccc(-c6ccc(-c7cc(-c8ccc(-c9ccc%10c(c9)C9(c%11ccccc%11S%10)c%10ccccc%10-c%10ccccc%109)o8)nc(-c8ccccc8)n7)cc6)cc5S4)c4ccccc4-c4ccccc43)nc(-c3ccccc3)n2)cc1. The number of nitrogens with zero attached hydrogens (tertiary/aromatic N) is 5. The number of pyridine rings is 1. The fraction of sp³-hybridized carbons (Fsp3) is 0.0220. The number of rotatable bonds is 9. The van der Waals surface area contributed by atoms with Crippen molar-refractivity contribution in [2.75, 3.05) is 0 Å². The number of fused-ring (bicyclic) bond motifs is 18. The van der Waals surface area contributed by atoms with Gasteiger partial charge in [0.15, 0.2) is 17.4 Å². The normalized spacial score (nSPS) is 13.5. The monoisotopic (exact) mass is 1300 g/mol. The summed E-state index contributed by atoms with van der Waals surface area (Å²) in [6.07, 6.45) is 1.89. The van der Waals surface area contributed by atoms with Crippen LogP contribution in [0.2, 0.25) is 0 Å². The Hall–Kier alpha value is -12.1. The molecule has 0 amide bonds. The van der Waals surface area contributed by atoms with E-state index >= 15 is 0 Å². The second-order valence-corrected chi connectivity index (χ2v) is 27.8. The minimum Gasteiger partial charge on any atom is -0.454 e. The van der Waals surface area contributed by atoms with E-state index in [2.05, 4.69) is 279 Å². The Morgan fingerprint density at radius 1 is 0.232 bits per heavy atom. The van der Waals surface area contributed by atoms with Crippen molar-refractivity contribution >= 4 is 23.5 Å². The fourth-order valence-corrected chi connectivity index (χ4v) is 18.4. The Bertz CT molecular complexity index is 5800. The van der Waals surface area contributed by atoms with Crippen molar-refractivity contribution < 1.29 is 4.42 Å². The maximum Gasteiger partial charge on any atom is 0.160 e. The van der Waals surface area contributed by atoms with Crippen molar-refractivity contribution in [2.24, 2.45) is 0 Å². The van der Waals surface area contributed by atoms with Gasteiger partial charge in [-0.15, -0.1) is 0 Å². The van der Waals surface area contributed by atoms with Crippen LogP contribution in [0.4, 0.5) is 0 Å². The van der Waals surface area contributed by atoms with Crippen LogP contribution in [0.1, 0.15) is 44.5 Å². The Kier molecular flexibility index (Phi) is 13.2. The molecule has 2 spiro atoms. The Balaban J connectivity index is 0.662. The Labute approximate surface area is 581 Å². The molecule has 16 aromatic rings. The summed E-state index contributed by atoms with van der Waals surface area (Å²) in [6.45, 7) is 0. The molecule has 0 atom stereocenters. The molecule has 0 fully saturated rings. The predicted octanol–water partition coefficient (Wildman–Crippen LogP) is 22.9. The van der Waals surface area contributed by atoms with Gasteiger partial charge in [0.2, 0.25) is 0 Å². The highest BCUT2D eigenvalue weighted by Crippen LogP contribution is 2.65. The van der Waals surface area contributed by atoms with Gasteiger partial charge in [-0.25, -0.2) is 19.9 Å². The van der Waals surface area contributed by atoms with Crippen LogP contribution < -0.4 is 0 Å². The van der Waals surface area contributed by atoms with Crippen LogP contribution in [-0.2, 0) is 10.8 Å². The van der Waals surface area contributed by atoms with Crippen molar-refractivity contribution in [2.45, 2.75) is 30.4 Å². The summed E-state index contributed by atoms with van der Waals surface area (Å²) in [5.41, 5.74) is 27.2. The summed E-state index contributed by atoms with van der Waals surface area (Å²) in [6, 6.07) is 118. The number of aromatic nitrogens is 5. The van der Waals surface area contributed by atoms with E-state index in [9.17, 15) is 0 Å². The van der Waals surface area contributed by atoms with Gasteiger partial charge >= 0.3 is 0 Å². The van der Waals surface area contributed by atoms with Crippen molar-refractivity contribution in [3.8, 4) is 124 Å². The molecule has 0 saturated heterocycles. The van der Waals surface area contributed by atoms with Crippen LogP contribution in [0, 0.1) is 0 Å². The molecular weight excluding hydrogens is 1240 g/mol. The predicted molar refractivity (Wildman–Crippen MR) is 399 cm³/mol. The standard InChI is InChI=1S/C91H55N5OS2/c1-4-21-57(22-5-1)77-54-79(95-88(93-77)59-23-6-2-7-24-59)68-31-20-50-92-87(68)63-44-49-85-76(52-63)91(71-34-16-12-29-66(71)67-30-13-17-35-72(67)91)74-45-42-61(53-86(74)99-85)56-38-40-58(41-39-56)78-55-80(96-89(94-78)60-25-8-3-9-26-60)82-47-46-81(97-82)62-43-48-84-75(51-62)90(73-36-18-19-37-83(73)98-84)69-32-14-10-27-64(69)65-28-11-15-33-70(65)90/h1-55H. The molecule has 2 aliphatic carbocycles. The smallest absolute Gasteiger partial charge is 0.160 e. The molecule has 0 bridgehead atoms. The van der Waals surface area contributed by atoms with E-state index in [1.54, 1.807) is 0 Å². The first-order valence-corrected chi connectivity index (χ1v) is 35.1. The zero-order valence-electron chi connectivity index (χ0n) is 53.2. The topological polar surface area (TPSA) is 77.6 Å². The lowest BCUT2D eigenvalue weighted by atomic mass is 9.67. The molecule has 0 radical (unpaired) electrons. The average Bonchev–Trinajstić information content (AvgIpc) is 1.57. The first kappa shape index (κ1) is 57.2. The molecule has 0 saturated carbocycles. The van der Waals surface area contributed by atoms with Gasteiger partial charge in [0.1, 0.15) is 11.5 Å². The molecule has 99 heavy (non-hydrogen) atoms. The molecule has 462 valence electrons. The molecule has 4 aliphatic rings. The van der Waals surface area contributed by atoms with Gasteiger partial charge in [0.05, 0.1) is 33.6 Å². The number of hydrogen-bond donors (Lipinski definition) is 0. The summed E-state index contributed by atoms with van der Waals surface area (Å²) in [7, 11) is 0. The van der Waals surface area contributed by atoms with E-state index in [1.807, 2.05) is 78.3 Å². The molecule has 6 heterocycles. The summed E-state index contributed by atoms with van der Waals surface area (Å²) >= 11 is 3.69. The average molecular weight is 1300 g/mol. The fourth-order valence-electron chi connectivity index (χ4n) is 16.0. The highest BCUT2D eigenvalue weighted by molar-refractivity contribution is 7.99. The zero-order chi connectivity index (χ0) is 65.2. The number of hydrogen-bond acceptors (Lipinski definition) is 8. The molecule has 6 nitrogen and oxygen atoms in total. The van der Waals surface area contributed by atoms with Crippen LogP contribution in [0.3, 0.4) is 0 Å². The van der Waals surface area contributed by atoms with E-state index in [1.165, 1.54) is 86.3 Å². The lowest BCUT2D eigenvalue weighted by Gasteiger charge is -2.40. The maximum atomic E-state index is 6.98. The molecule has 2 aliphatic heterocycles. The highest BCUT2D eigenvalue weighted by atomic mass is 32.2. The molecule has 0 N–H and O–H groups in total. The van der Waals surface area contributed by atoms with E-state index in [-0.39, 0.29) is 0 Å². The summed E-state index contributed by atoms with van der Waals surface area (Å²) in [4.78, 5) is 31.1. The van der Waals surface area contributed by atoms with Crippen molar-refractivity contribution in [1.29, 1.82) is 0 Å². The molecule has 8 heteroatoms. The molecular formula is C91H55N5OS2. The van der Waals surface area contributed by atoms with Crippen LogP contribution in [0.25, 0.3) is 124 Å². The van der Waals surface area contributed by atoms with Crippen LogP contribution in [-0.4, -0.2) is 24.9 Å². The van der Waals surface area contributed by atoms with Gasteiger partial charge < -0.3 is 4.42 Å². The van der Waals surface area contributed by atoms with E-state index in [4.69, 9.17) is 29.3 Å². The molecule has 4 aromatic heterocycles.